The first-order chi connectivity index (χ1) is 15.6. The van der Waals surface area contributed by atoms with Crippen molar-refractivity contribution in [3.63, 3.8) is 0 Å². The molecule has 1 aromatic rings. The van der Waals surface area contributed by atoms with Gasteiger partial charge in [0, 0.05) is 9.65 Å². The summed E-state index contributed by atoms with van der Waals surface area (Å²) in [4.78, 5) is 13.3. The van der Waals surface area contributed by atoms with Gasteiger partial charge in [0.2, 0.25) is 0 Å². The summed E-state index contributed by atoms with van der Waals surface area (Å²) < 4.78 is 5.48. The number of hydrogen-bond acceptors (Lipinski definition) is 4. The van der Waals surface area contributed by atoms with Crippen molar-refractivity contribution >= 4 is 53.8 Å². The maximum atomic E-state index is 13.2. The number of allylic oxidation sites excluding steroid dienone is 1. The Hall–Kier alpha value is -0.370. The number of hydrogen-bond donors (Lipinski definition) is 2. The van der Waals surface area contributed by atoms with Crippen LogP contribution >= 0.6 is 47.8 Å². The Balaban J connectivity index is 2.06. The molecule has 0 radical (unpaired) electrons. The Morgan fingerprint density at radius 2 is 1.79 bits per heavy atom. The molecule has 1 aliphatic carbocycles. The highest BCUT2D eigenvalue weighted by Crippen LogP contribution is 2.52. The highest BCUT2D eigenvalue weighted by Gasteiger charge is 2.46. The molecule has 190 valence electrons. The van der Waals surface area contributed by atoms with E-state index in [9.17, 15) is 15.0 Å². The summed E-state index contributed by atoms with van der Waals surface area (Å²) in [6.07, 6.45) is 4.79. The molecule has 1 saturated carbocycles. The number of aromatic hydroxyl groups is 1. The van der Waals surface area contributed by atoms with Gasteiger partial charge in [-0.3, -0.25) is 0 Å². The van der Waals surface area contributed by atoms with Crippen molar-refractivity contribution in [2.24, 2.45) is 11.3 Å². The van der Waals surface area contributed by atoms with Gasteiger partial charge in [-0.05, 0) is 101 Å². The zero-order chi connectivity index (χ0) is 25.5. The average molecular weight is 665 g/mol. The maximum absolute atomic E-state index is 13.2. The first-order valence-electron chi connectivity index (χ1n) is 12.0. The van der Waals surface area contributed by atoms with Gasteiger partial charge in [-0.15, -0.1) is 0 Å². The third kappa shape index (κ3) is 6.12. The van der Waals surface area contributed by atoms with E-state index in [1.807, 2.05) is 20.8 Å². The number of esters is 1. The number of alkyl halides is 3. The molecule has 1 aromatic carbocycles. The summed E-state index contributed by atoms with van der Waals surface area (Å²) in [5.41, 5.74) is 1.27. The SMILES string of the molecule is C=C1CC[C@H](Br)[C@@]2(C)CC[C@@H](Br)[C@@](C)(O)CC[C@@H](C(C)(C)Br)OC(=O)c3ccc(O)c(c3)C[C@@H]12. The summed E-state index contributed by atoms with van der Waals surface area (Å²) in [5, 5.41) is 22.0. The molecule has 2 aliphatic rings. The number of halogens is 3. The first kappa shape index (κ1) is 28.2. The Morgan fingerprint density at radius 1 is 1.12 bits per heavy atom. The number of rotatable bonds is 1. The zero-order valence-electron chi connectivity index (χ0n) is 20.5. The molecule has 0 amide bonds. The van der Waals surface area contributed by atoms with E-state index in [0.29, 0.717) is 29.7 Å². The van der Waals surface area contributed by atoms with Gasteiger partial charge in [0.05, 0.1) is 15.5 Å². The van der Waals surface area contributed by atoms with Gasteiger partial charge in [-0.25, -0.2) is 4.79 Å². The molecule has 6 atom stereocenters. The topological polar surface area (TPSA) is 66.8 Å². The molecule has 4 nitrogen and oxygen atoms in total. The maximum Gasteiger partial charge on any atom is 0.338 e. The third-order valence-corrected chi connectivity index (χ3v) is 11.5. The van der Waals surface area contributed by atoms with E-state index in [0.717, 1.165) is 31.2 Å². The van der Waals surface area contributed by atoms with Crippen molar-refractivity contribution < 1.29 is 19.7 Å². The molecule has 7 heteroatoms. The predicted octanol–water partition coefficient (Wildman–Crippen LogP) is 7.46. The summed E-state index contributed by atoms with van der Waals surface area (Å²) in [5.74, 6) is -0.106. The van der Waals surface area contributed by atoms with Crippen LogP contribution in [0.4, 0.5) is 0 Å². The van der Waals surface area contributed by atoms with Crippen LogP contribution in [0, 0.1) is 11.3 Å². The highest BCUT2D eigenvalue weighted by molar-refractivity contribution is 9.10. The first-order valence-corrected chi connectivity index (χ1v) is 14.7. The molecular weight excluding hydrogens is 628 g/mol. The van der Waals surface area contributed by atoms with Crippen LogP contribution in [0.2, 0.25) is 0 Å². The molecule has 0 spiro atoms. The number of phenolic OH excluding ortho intramolecular Hbond substituents is 1. The second-order valence-electron chi connectivity index (χ2n) is 11.1. The van der Waals surface area contributed by atoms with Crippen molar-refractivity contribution in [1.29, 1.82) is 0 Å². The van der Waals surface area contributed by atoms with Gasteiger partial charge in [-0.1, -0.05) is 66.9 Å². The minimum atomic E-state index is -0.960. The van der Waals surface area contributed by atoms with E-state index in [2.05, 4.69) is 61.3 Å². The minimum absolute atomic E-state index is 0.110. The number of carbonyl (C=O) groups is 1. The van der Waals surface area contributed by atoms with Gasteiger partial charge in [0.25, 0.3) is 0 Å². The Morgan fingerprint density at radius 3 is 2.44 bits per heavy atom. The van der Waals surface area contributed by atoms with Crippen LogP contribution in [-0.2, 0) is 11.2 Å². The normalized spacial score (nSPS) is 36.1. The second kappa shape index (κ2) is 10.5. The number of carbonyl (C=O) groups excluding carboxylic acids is 1. The lowest BCUT2D eigenvalue weighted by Gasteiger charge is -2.48. The van der Waals surface area contributed by atoms with Crippen LogP contribution in [0.25, 0.3) is 0 Å². The predicted molar refractivity (Wildman–Crippen MR) is 149 cm³/mol. The van der Waals surface area contributed by atoms with Crippen molar-refractivity contribution in [3.05, 3.63) is 41.5 Å². The lowest BCUT2D eigenvalue weighted by molar-refractivity contribution is -0.0000638. The van der Waals surface area contributed by atoms with Gasteiger partial charge in [-0.2, -0.15) is 0 Å². The molecule has 3 rings (SSSR count). The fraction of sp³-hybridized carbons (Fsp3) is 0.667. The third-order valence-electron chi connectivity index (χ3n) is 8.00. The quantitative estimate of drug-likeness (QED) is 0.186. The Kier molecular flexibility index (Phi) is 8.75. The second-order valence-corrected chi connectivity index (χ2v) is 15.4. The summed E-state index contributed by atoms with van der Waals surface area (Å²) >= 11 is 11.4. The molecule has 0 unspecified atom stereocenters. The molecule has 2 N–H and O–H groups in total. The van der Waals surface area contributed by atoms with E-state index >= 15 is 0 Å². The standard InChI is InChI=1S/C27H37Br3O4/c1-16-6-9-21(28)26(4)12-10-22(29)27(5,33)13-11-23(25(2,3)30)34-24(32)17-7-8-20(31)18(14-17)15-19(16)26/h7-8,14,19,21-23,31,33H,1,6,9-13,15H2,2-5H3/t19-,21-,22+,23-,26-,27-/m0/s1. The van der Waals surface area contributed by atoms with E-state index in [1.165, 1.54) is 5.57 Å². The van der Waals surface area contributed by atoms with Crippen LogP contribution < -0.4 is 0 Å². The minimum Gasteiger partial charge on any atom is -0.508 e. The summed E-state index contributed by atoms with van der Waals surface area (Å²) in [6, 6.07) is 4.97. The summed E-state index contributed by atoms with van der Waals surface area (Å²) in [6.45, 7) is 12.5. The number of ether oxygens (including phenoxy) is 1. The van der Waals surface area contributed by atoms with Crippen LogP contribution in [0.3, 0.4) is 0 Å². The van der Waals surface area contributed by atoms with E-state index < -0.39 is 22.0 Å². The van der Waals surface area contributed by atoms with Crippen LogP contribution in [-0.4, -0.2) is 41.9 Å². The molecule has 2 bridgehead atoms. The van der Waals surface area contributed by atoms with Crippen LogP contribution in [0.15, 0.2) is 30.4 Å². The largest absolute Gasteiger partial charge is 0.508 e. The van der Waals surface area contributed by atoms with Gasteiger partial charge >= 0.3 is 5.97 Å². The Labute approximate surface area is 229 Å². The number of aliphatic hydroxyl groups is 1. The van der Waals surface area contributed by atoms with Crippen LogP contribution in [0.1, 0.15) is 82.1 Å². The number of fused-ring (bicyclic) bond motifs is 3. The lowest BCUT2D eigenvalue weighted by Crippen LogP contribution is -2.44. The van der Waals surface area contributed by atoms with Gasteiger partial charge in [0.1, 0.15) is 11.9 Å². The van der Waals surface area contributed by atoms with Crippen molar-refractivity contribution in [2.75, 3.05) is 0 Å². The van der Waals surface area contributed by atoms with E-state index in [4.69, 9.17) is 4.74 Å². The smallest absolute Gasteiger partial charge is 0.338 e. The molecular formula is C27H37Br3O4. The van der Waals surface area contributed by atoms with Gasteiger partial charge in [0.15, 0.2) is 0 Å². The fourth-order valence-electron chi connectivity index (χ4n) is 5.37. The monoisotopic (exact) mass is 662 g/mol. The zero-order valence-corrected chi connectivity index (χ0v) is 25.3. The van der Waals surface area contributed by atoms with Crippen molar-refractivity contribution in [1.82, 2.24) is 0 Å². The molecule has 1 aliphatic heterocycles. The fourth-order valence-corrected chi connectivity index (χ4v) is 6.93. The molecule has 0 aromatic heterocycles. The number of phenols is 1. The van der Waals surface area contributed by atoms with E-state index in [-0.39, 0.29) is 21.9 Å². The van der Waals surface area contributed by atoms with Crippen molar-refractivity contribution in [2.45, 2.75) is 98.3 Å². The number of cyclic esters (lactones) is 1. The highest BCUT2D eigenvalue weighted by atomic mass is 79.9. The molecule has 34 heavy (non-hydrogen) atoms. The van der Waals surface area contributed by atoms with E-state index in [1.54, 1.807) is 18.2 Å². The van der Waals surface area contributed by atoms with Gasteiger partial charge < -0.3 is 14.9 Å². The number of benzene rings is 1. The molecule has 0 saturated heterocycles. The lowest BCUT2D eigenvalue weighted by atomic mass is 9.61. The average Bonchev–Trinajstić information content (AvgIpc) is 2.75. The van der Waals surface area contributed by atoms with Crippen molar-refractivity contribution in [3.8, 4) is 5.75 Å². The molecule has 1 heterocycles. The molecule has 1 fully saturated rings. The Bertz CT molecular complexity index is 923. The van der Waals surface area contributed by atoms with Crippen LogP contribution in [0.5, 0.6) is 5.75 Å². The summed E-state index contributed by atoms with van der Waals surface area (Å²) in [7, 11) is 0.